The highest BCUT2D eigenvalue weighted by molar-refractivity contribution is 5.86. The Balaban J connectivity index is 2.02. The highest BCUT2D eigenvalue weighted by atomic mass is 16.1. The maximum Gasteiger partial charge on any atom is 0.227 e. The summed E-state index contributed by atoms with van der Waals surface area (Å²) in [5.41, 5.74) is 2.21. The molecule has 0 spiro atoms. The van der Waals surface area contributed by atoms with Gasteiger partial charge < -0.3 is 15.5 Å². The van der Waals surface area contributed by atoms with E-state index in [1.165, 1.54) is 0 Å². The molecule has 21 heavy (non-hydrogen) atoms. The van der Waals surface area contributed by atoms with Gasteiger partial charge in [-0.2, -0.15) is 0 Å². The van der Waals surface area contributed by atoms with Crippen LogP contribution in [-0.2, 0) is 4.79 Å². The topological polar surface area (TPSA) is 44.4 Å². The summed E-state index contributed by atoms with van der Waals surface area (Å²) in [5.74, 6) is 0.112. The second-order valence-corrected chi connectivity index (χ2v) is 6.42. The van der Waals surface area contributed by atoms with Gasteiger partial charge in [-0.3, -0.25) is 4.79 Å². The standard InChI is InChI=1S/C17H27N3O/c1-12(9-10-20(3)4)19-17(21)15-11-13(2)18-16-8-6-5-7-14(15)16/h5-8,12-13,15,18H,9-11H2,1-4H3,(H,19,21). The Bertz CT molecular complexity index is 487. The van der Waals surface area contributed by atoms with Crippen LogP contribution in [0.2, 0.25) is 0 Å². The molecule has 116 valence electrons. The molecule has 0 aliphatic carbocycles. The number of carbonyl (C=O) groups is 1. The van der Waals surface area contributed by atoms with Crippen molar-refractivity contribution in [1.29, 1.82) is 0 Å². The van der Waals surface area contributed by atoms with Gasteiger partial charge in [0, 0.05) is 17.8 Å². The number of hydrogen-bond donors (Lipinski definition) is 2. The molecular weight excluding hydrogens is 262 g/mol. The first-order chi connectivity index (χ1) is 9.97. The Hall–Kier alpha value is -1.55. The monoisotopic (exact) mass is 289 g/mol. The molecule has 1 aromatic rings. The van der Waals surface area contributed by atoms with E-state index in [1.54, 1.807) is 0 Å². The van der Waals surface area contributed by atoms with Gasteiger partial charge in [-0.1, -0.05) is 18.2 Å². The van der Waals surface area contributed by atoms with Gasteiger partial charge in [0.15, 0.2) is 0 Å². The minimum atomic E-state index is -0.0424. The number of amides is 1. The lowest BCUT2D eigenvalue weighted by atomic mass is 9.86. The average molecular weight is 289 g/mol. The van der Waals surface area contributed by atoms with E-state index in [2.05, 4.69) is 55.6 Å². The number of fused-ring (bicyclic) bond motifs is 1. The zero-order valence-corrected chi connectivity index (χ0v) is 13.5. The molecule has 0 fully saturated rings. The van der Waals surface area contributed by atoms with Crippen LogP contribution in [0.25, 0.3) is 0 Å². The van der Waals surface area contributed by atoms with Crippen LogP contribution in [0.15, 0.2) is 24.3 Å². The molecule has 3 unspecified atom stereocenters. The van der Waals surface area contributed by atoms with Crippen molar-refractivity contribution in [2.75, 3.05) is 26.0 Å². The van der Waals surface area contributed by atoms with Gasteiger partial charge in [0.2, 0.25) is 5.91 Å². The first kappa shape index (κ1) is 15.8. The van der Waals surface area contributed by atoms with Crippen LogP contribution >= 0.6 is 0 Å². The first-order valence-electron chi connectivity index (χ1n) is 7.78. The van der Waals surface area contributed by atoms with E-state index in [1.807, 2.05) is 12.1 Å². The van der Waals surface area contributed by atoms with Crippen molar-refractivity contribution < 1.29 is 4.79 Å². The number of benzene rings is 1. The number of carbonyl (C=O) groups excluding carboxylic acids is 1. The van der Waals surface area contributed by atoms with Gasteiger partial charge in [0.25, 0.3) is 0 Å². The molecule has 4 nitrogen and oxygen atoms in total. The second kappa shape index (κ2) is 6.94. The van der Waals surface area contributed by atoms with Gasteiger partial charge in [0.05, 0.1) is 5.92 Å². The van der Waals surface area contributed by atoms with Gasteiger partial charge in [-0.15, -0.1) is 0 Å². The van der Waals surface area contributed by atoms with Gasteiger partial charge in [-0.25, -0.2) is 0 Å². The molecule has 2 N–H and O–H groups in total. The van der Waals surface area contributed by atoms with Crippen molar-refractivity contribution in [3.63, 3.8) is 0 Å². The first-order valence-corrected chi connectivity index (χ1v) is 7.78. The second-order valence-electron chi connectivity index (χ2n) is 6.42. The summed E-state index contributed by atoms with van der Waals surface area (Å²) in [5, 5.41) is 6.62. The number of rotatable bonds is 5. The normalized spacial score (nSPS) is 22.3. The number of anilines is 1. The Morgan fingerprint density at radius 1 is 1.43 bits per heavy atom. The lowest BCUT2D eigenvalue weighted by Crippen LogP contribution is -2.40. The lowest BCUT2D eigenvalue weighted by Gasteiger charge is -2.31. The summed E-state index contributed by atoms with van der Waals surface area (Å²) < 4.78 is 0. The third-order valence-corrected chi connectivity index (χ3v) is 4.04. The van der Waals surface area contributed by atoms with E-state index < -0.39 is 0 Å². The molecule has 2 rings (SSSR count). The molecule has 1 aliphatic heterocycles. The molecule has 0 saturated carbocycles. The maximum atomic E-state index is 12.6. The highest BCUT2D eigenvalue weighted by Gasteiger charge is 2.29. The summed E-state index contributed by atoms with van der Waals surface area (Å²) in [4.78, 5) is 14.8. The van der Waals surface area contributed by atoms with Crippen LogP contribution in [0.4, 0.5) is 5.69 Å². The predicted molar refractivity (Wildman–Crippen MR) is 87.7 cm³/mol. The summed E-state index contributed by atoms with van der Waals surface area (Å²) in [6.45, 7) is 5.20. The largest absolute Gasteiger partial charge is 0.382 e. The molecule has 1 aliphatic rings. The number of hydrogen-bond acceptors (Lipinski definition) is 3. The van der Waals surface area contributed by atoms with Crippen LogP contribution < -0.4 is 10.6 Å². The van der Waals surface area contributed by atoms with Crippen molar-refractivity contribution in [2.45, 2.75) is 44.7 Å². The predicted octanol–water partition coefficient (Wildman–Crippen LogP) is 2.43. The van der Waals surface area contributed by atoms with E-state index in [0.29, 0.717) is 6.04 Å². The van der Waals surface area contributed by atoms with Crippen molar-refractivity contribution in [2.24, 2.45) is 0 Å². The minimum absolute atomic E-state index is 0.0424. The van der Waals surface area contributed by atoms with Crippen molar-refractivity contribution in [3.05, 3.63) is 29.8 Å². The molecule has 1 heterocycles. The summed E-state index contributed by atoms with van der Waals surface area (Å²) in [6.07, 6.45) is 1.82. The molecule has 0 bridgehead atoms. The Labute approximate surface area is 127 Å². The molecule has 4 heteroatoms. The van der Waals surface area contributed by atoms with Gasteiger partial charge in [0.1, 0.15) is 0 Å². The van der Waals surface area contributed by atoms with Crippen molar-refractivity contribution >= 4 is 11.6 Å². The number of para-hydroxylation sites is 1. The fourth-order valence-electron chi connectivity index (χ4n) is 2.85. The maximum absolute atomic E-state index is 12.6. The van der Waals surface area contributed by atoms with E-state index in [0.717, 1.165) is 30.6 Å². The molecule has 3 atom stereocenters. The van der Waals surface area contributed by atoms with Crippen LogP contribution in [0.1, 0.15) is 38.2 Å². The molecular formula is C17H27N3O. The summed E-state index contributed by atoms with van der Waals surface area (Å²) >= 11 is 0. The molecule has 1 amide bonds. The van der Waals surface area contributed by atoms with Gasteiger partial charge in [-0.05, 0) is 59.0 Å². The Morgan fingerprint density at radius 3 is 2.86 bits per heavy atom. The summed E-state index contributed by atoms with van der Waals surface area (Å²) in [6, 6.07) is 8.67. The quantitative estimate of drug-likeness (QED) is 0.875. The van der Waals surface area contributed by atoms with E-state index >= 15 is 0 Å². The fourth-order valence-corrected chi connectivity index (χ4v) is 2.85. The third kappa shape index (κ3) is 4.21. The number of nitrogens with zero attached hydrogens (tertiary/aromatic N) is 1. The van der Waals surface area contributed by atoms with E-state index in [-0.39, 0.29) is 17.9 Å². The average Bonchev–Trinajstić information content (AvgIpc) is 2.44. The van der Waals surface area contributed by atoms with Crippen molar-refractivity contribution in [3.8, 4) is 0 Å². The fraction of sp³-hybridized carbons (Fsp3) is 0.588. The lowest BCUT2D eigenvalue weighted by molar-refractivity contribution is -0.123. The summed E-state index contributed by atoms with van der Waals surface area (Å²) in [7, 11) is 4.11. The van der Waals surface area contributed by atoms with Gasteiger partial charge >= 0.3 is 0 Å². The van der Waals surface area contributed by atoms with E-state index in [4.69, 9.17) is 0 Å². The number of nitrogens with one attached hydrogen (secondary N) is 2. The van der Waals surface area contributed by atoms with Crippen LogP contribution in [0, 0.1) is 0 Å². The zero-order chi connectivity index (χ0) is 15.4. The van der Waals surface area contributed by atoms with Crippen LogP contribution in [0.5, 0.6) is 0 Å². The Kier molecular flexibility index (Phi) is 5.23. The minimum Gasteiger partial charge on any atom is -0.382 e. The zero-order valence-electron chi connectivity index (χ0n) is 13.5. The molecule has 0 aromatic heterocycles. The SMILES string of the molecule is CC(CCN(C)C)NC(=O)C1CC(C)Nc2ccccc21. The van der Waals surface area contributed by atoms with E-state index in [9.17, 15) is 4.79 Å². The third-order valence-electron chi connectivity index (χ3n) is 4.04. The Morgan fingerprint density at radius 2 is 2.14 bits per heavy atom. The smallest absolute Gasteiger partial charge is 0.227 e. The molecule has 1 aromatic carbocycles. The molecule has 0 radical (unpaired) electrons. The van der Waals surface area contributed by atoms with Crippen LogP contribution in [-0.4, -0.2) is 43.5 Å². The molecule has 0 saturated heterocycles. The van der Waals surface area contributed by atoms with Crippen molar-refractivity contribution in [1.82, 2.24) is 10.2 Å². The van der Waals surface area contributed by atoms with Crippen LogP contribution in [0.3, 0.4) is 0 Å². The highest BCUT2D eigenvalue weighted by Crippen LogP contribution is 2.34.